The van der Waals surface area contributed by atoms with Gasteiger partial charge in [-0.1, -0.05) is 0 Å². The molecule has 0 spiro atoms. The van der Waals surface area contributed by atoms with Crippen LogP contribution in [0.3, 0.4) is 0 Å². The summed E-state index contributed by atoms with van der Waals surface area (Å²) in [4.78, 5) is 21.9. The number of hydrogen-bond acceptors (Lipinski definition) is 4. The van der Waals surface area contributed by atoms with Gasteiger partial charge in [0.05, 0.1) is 11.4 Å². The highest BCUT2D eigenvalue weighted by Gasteiger charge is 2.20. The van der Waals surface area contributed by atoms with Gasteiger partial charge in [-0.3, -0.25) is 4.79 Å². The topological polar surface area (TPSA) is 72.1 Å². The number of carbonyl (C=O) groups excluding carboxylic acids is 1. The molecule has 2 rings (SSSR count). The van der Waals surface area contributed by atoms with Gasteiger partial charge in [0.1, 0.15) is 0 Å². The number of anilines is 1. The third-order valence-corrected chi connectivity index (χ3v) is 2.76. The fourth-order valence-corrected chi connectivity index (χ4v) is 1.87. The molecule has 0 radical (unpaired) electrons. The van der Waals surface area contributed by atoms with Gasteiger partial charge in [-0.05, 0) is 25.7 Å². The van der Waals surface area contributed by atoms with E-state index < -0.39 is 0 Å². The zero-order valence-corrected chi connectivity index (χ0v) is 9.66. The van der Waals surface area contributed by atoms with E-state index in [2.05, 4.69) is 9.97 Å². The van der Waals surface area contributed by atoms with Gasteiger partial charge in [-0.25, -0.2) is 9.97 Å². The molecular weight excluding hydrogens is 204 g/mol. The first kappa shape index (κ1) is 10.9. The quantitative estimate of drug-likeness (QED) is 0.753. The van der Waals surface area contributed by atoms with Crippen LogP contribution in [-0.2, 0) is 12.8 Å². The second kappa shape index (κ2) is 4.08. The molecule has 0 unspecified atom stereocenters. The van der Waals surface area contributed by atoms with E-state index in [4.69, 9.17) is 5.73 Å². The largest absolute Gasteiger partial charge is 0.382 e. The van der Waals surface area contributed by atoms with Crippen LogP contribution in [0.5, 0.6) is 0 Å². The molecule has 0 atom stereocenters. The SMILES string of the molecule is CN(C)C(=O)c1nc2c(nc1N)CCCC2. The maximum Gasteiger partial charge on any atom is 0.275 e. The van der Waals surface area contributed by atoms with E-state index >= 15 is 0 Å². The van der Waals surface area contributed by atoms with Gasteiger partial charge in [0.25, 0.3) is 5.91 Å². The van der Waals surface area contributed by atoms with Gasteiger partial charge in [-0.15, -0.1) is 0 Å². The Morgan fingerprint density at radius 3 is 2.31 bits per heavy atom. The van der Waals surface area contributed by atoms with Gasteiger partial charge in [-0.2, -0.15) is 0 Å². The van der Waals surface area contributed by atoms with Crippen LogP contribution in [0.1, 0.15) is 34.7 Å². The van der Waals surface area contributed by atoms with E-state index in [0.717, 1.165) is 37.1 Å². The van der Waals surface area contributed by atoms with Gasteiger partial charge in [0.15, 0.2) is 11.5 Å². The molecule has 2 N–H and O–H groups in total. The smallest absolute Gasteiger partial charge is 0.275 e. The Kier molecular flexibility index (Phi) is 2.77. The number of aromatic nitrogens is 2. The Hall–Kier alpha value is -1.65. The third kappa shape index (κ3) is 1.85. The molecule has 1 amide bonds. The van der Waals surface area contributed by atoms with E-state index in [1.807, 2.05) is 0 Å². The molecule has 1 aliphatic rings. The zero-order chi connectivity index (χ0) is 11.7. The van der Waals surface area contributed by atoms with E-state index in [0.29, 0.717) is 0 Å². The summed E-state index contributed by atoms with van der Waals surface area (Å²) in [6, 6.07) is 0. The molecule has 0 saturated heterocycles. The van der Waals surface area contributed by atoms with Crippen molar-refractivity contribution in [2.24, 2.45) is 0 Å². The summed E-state index contributed by atoms with van der Waals surface area (Å²) < 4.78 is 0. The number of nitrogens with two attached hydrogens (primary N) is 1. The number of rotatable bonds is 1. The van der Waals surface area contributed by atoms with Crippen molar-refractivity contribution in [1.82, 2.24) is 14.9 Å². The molecule has 0 aliphatic heterocycles. The van der Waals surface area contributed by atoms with E-state index in [1.54, 1.807) is 14.1 Å². The summed E-state index contributed by atoms with van der Waals surface area (Å²) in [5, 5.41) is 0. The van der Waals surface area contributed by atoms with Crippen LogP contribution in [0.2, 0.25) is 0 Å². The number of nitrogens with zero attached hydrogens (tertiary/aromatic N) is 3. The fourth-order valence-electron chi connectivity index (χ4n) is 1.87. The molecule has 1 aliphatic carbocycles. The van der Waals surface area contributed by atoms with Gasteiger partial charge >= 0.3 is 0 Å². The van der Waals surface area contributed by atoms with Gasteiger partial charge in [0.2, 0.25) is 0 Å². The van der Waals surface area contributed by atoms with Crippen LogP contribution in [-0.4, -0.2) is 34.9 Å². The maximum absolute atomic E-state index is 11.8. The summed E-state index contributed by atoms with van der Waals surface area (Å²) >= 11 is 0. The minimum absolute atomic E-state index is 0.182. The van der Waals surface area contributed by atoms with Crippen molar-refractivity contribution in [2.75, 3.05) is 19.8 Å². The minimum atomic E-state index is -0.182. The number of carbonyl (C=O) groups is 1. The molecule has 0 aromatic carbocycles. The lowest BCUT2D eigenvalue weighted by molar-refractivity contribution is 0.0822. The molecule has 5 nitrogen and oxygen atoms in total. The second-order valence-electron chi connectivity index (χ2n) is 4.26. The summed E-state index contributed by atoms with van der Waals surface area (Å²) in [6.07, 6.45) is 4.06. The molecule has 16 heavy (non-hydrogen) atoms. The van der Waals surface area contributed by atoms with Crippen molar-refractivity contribution in [3.05, 3.63) is 17.1 Å². The fraction of sp³-hybridized carbons (Fsp3) is 0.545. The lowest BCUT2D eigenvalue weighted by Gasteiger charge is -2.17. The van der Waals surface area contributed by atoms with Crippen molar-refractivity contribution >= 4 is 11.7 Å². The lowest BCUT2D eigenvalue weighted by atomic mass is 10.0. The molecular formula is C11H16N4O. The van der Waals surface area contributed by atoms with Crippen molar-refractivity contribution < 1.29 is 4.79 Å². The van der Waals surface area contributed by atoms with E-state index in [1.165, 1.54) is 4.90 Å². The van der Waals surface area contributed by atoms with Crippen LogP contribution in [0.15, 0.2) is 0 Å². The summed E-state index contributed by atoms with van der Waals surface area (Å²) in [5.74, 6) is 0.0673. The van der Waals surface area contributed by atoms with Crippen LogP contribution in [0, 0.1) is 0 Å². The van der Waals surface area contributed by atoms with Crippen LogP contribution in [0.4, 0.5) is 5.82 Å². The second-order valence-corrected chi connectivity index (χ2v) is 4.26. The summed E-state index contributed by atoms with van der Waals surface area (Å²) in [6.45, 7) is 0. The zero-order valence-electron chi connectivity index (χ0n) is 9.66. The Morgan fingerprint density at radius 1 is 1.19 bits per heavy atom. The predicted molar refractivity (Wildman–Crippen MR) is 61.1 cm³/mol. The number of nitrogen functional groups attached to an aromatic ring is 1. The molecule has 1 heterocycles. The lowest BCUT2D eigenvalue weighted by Crippen LogP contribution is -2.26. The number of fused-ring (bicyclic) bond motifs is 1. The Balaban J connectivity index is 2.43. The van der Waals surface area contributed by atoms with Crippen LogP contribution < -0.4 is 5.73 Å². The van der Waals surface area contributed by atoms with Gasteiger partial charge in [0, 0.05) is 14.1 Å². The first-order chi connectivity index (χ1) is 7.59. The third-order valence-electron chi connectivity index (χ3n) is 2.76. The van der Waals surface area contributed by atoms with Crippen molar-refractivity contribution in [3.63, 3.8) is 0 Å². The maximum atomic E-state index is 11.8. The van der Waals surface area contributed by atoms with Gasteiger partial charge < -0.3 is 10.6 Å². The average molecular weight is 220 g/mol. The molecule has 86 valence electrons. The van der Waals surface area contributed by atoms with Crippen LogP contribution >= 0.6 is 0 Å². The first-order valence-corrected chi connectivity index (χ1v) is 5.46. The molecule has 5 heteroatoms. The highest BCUT2D eigenvalue weighted by molar-refractivity contribution is 5.96. The summed E-state index contributed by atoms with van der Waals surface area (Å²) in [5.41, 5.74) is 7.94. The number of amides is 1. The number of aryl methyl sites for hydroxylation is 2. The monoisotopic (exact) mass is 220 g/mol. The molecule has 1 aromatic heterocycles. The first-order valence-electron chi connectivity index (χ1n) is 5.46. The molecule has 0 fully saturated rings. The van der Waals surface area contributed by atoms with Crippen molar-refractivity contribution in [1.29, 1.82) is 0 Å². The standard InChI is InChI=1S/C11H16N4O/c1-15(2)11(16)9-10(12)14-8-6-4-3-5-7(8)13-9/h3-6H2,1-2H3,(H2,12,14). The average Bonchev–Trinajstić information content (AvgIpc) is 2.27. The molecule has 0 saturated carbocycles. The van der Waals surface area contributed by atoms with Crippen molar-refractivity contribution in [2.45, 2.75) is 25.7 Å². The van der Waals surface area contributed by atoms with Crippen LogP contribution in [0.25, 0.3) is 0 Å². The molecule has 0 bridgehead atoms. The Morgan fingerprint density at radius 2 is 1.75 bits per heavy atom. The predicted octanol–water partition coefficient (Wildman–Crippen LogP) is 0.639. The Bertz CT molecular complexity index is 428. The summed E-state index contributed by atoms with van der Waals surface area (Å²) in [7, 11) is 3.37. The number of hydrogen-bond donors (Lipinski definition) is 1. The highest BCUT2D eigenvalue weighted by atomic mass is 16.2. The van der Waals surface area contributed by atoms with E-state index in [-0.39, 0.29) is 17.4 Å². The Labute approximate surface area is 94.7 Å². The van der Waals surface area contributed by atoms with E-state index in [9.17, 15) is 4.79 Å². The normalized spacial score (nSPS) is 14.4. The molecule has 1 aromatic rings. The highest BCUT2D eigenvalue weighted by Crippen LogP contribution is 2.20. The van der Waals surface area contributed by atoms with Crippen molar-refractivity contribution in [3.8, 4) is 0 Å². The minimum Gasteiger partial charge on any atom is -0.382 e.